The van der Waals surface area contributed by atoms with Crippen LogP contribution in [0.15, 0.2) is 6.07 Å². The smallest absolute Gasteiger partial charge is 0.410 e. The molecule has 1 aliphatic heterocycles. The maximum atomic E-state index is 13.6. The van der Waals surface area contributed by atoms with Gasteiger partial charge in [-0.15, -0.1) is 0 Å². The van der Waals surface area contributed by atoms with E-state index in [0.717, 1.165) is 6.07 Å². The van der Waals surface area contributed by atoms with Gasteiger partial charge in [-0.2, -0.15) is 4.98 Å². The number of carboxylic acids is 1. The molecule has 3 atom stereocenters. The molecule has 8 nitrogen and oxygen atoms in total. The highest BCUT2D eigenvalue weighted by Gasteiger charge is 2.33. The van der Waals surface area contributed by atoms with E-state index in [-0.39, 0.29) is 23.9 Å². The van der Waals surface area contributed by atoms with Gasteiger partial charge in [0.2, 0.25) is 5.88 Å². The predicted molar refractivity (Wildman–Crippen MR) is 105 cm³/mol. The van der Waals surface area contributed by atoms with Crippen LogP contribution in [0, 0.1) is 11.7 Å². The molecule has 1 amide bonds. The van der Waals surface area contributed by atoms with E-state index < -0.39 is 34.2 Å². The maximum absolute atomic E-state index is 13.6. The Labute approximate surface area is 174 Å². The molecule has 0 spiro atoms. The van der Waals surface area contributed by atoms with Gasteiger partial charge >= 0.3 is 12.1 Å². The van der Waals surface area contributed by atoms with Crippen LogP contribution in [0.2, 0.25) is 5.15 Å². The van der Waals surface area contributed by atoms with Gasteiger partial charge in [0.05, 0.1) is 0 Å². The van der Waals surface area contributed by atoms with Crippen molar-refractivity contribution in [3.05, 3.63) is 22.6 Å². The van der Waals surface area contributed by atoms with Gasteiger partial charge in [0.1, 0.15) is 17.3 Å². The molecule has 1 fully saturated rings. The summed E-state index contributed by atoms with van der Waals surface area (Å²) in [6.07, 6.45) is -0.906. The highest BCUT2D eigenvalue weighted by Crippen LogP contribution is 2.25. The number of aromatic nitrogens is 1. The van der Waals surface area contributed by atoms with Gasteiger partial charge in [0.15, 0.2) is 11.0 Å². The molecule has 10 heteroatoms. The van der Waals surface area contributed by atoms with E-state index >= 15 is 0 Å². The largest absolute Gasteiger partial charge is 0.477 e. The molecule has 1 aromatic heterocycles. The topological polar surface area (TPSA) is 101 Å². The van der Waals surface area contributed by atoms with Crippen LogP contribution in [0.3, 0.4) is 0 Å². The second-order valence-corrected chi connectivity index (χ2v) is 8.48. The van der Waals surface area contributed by atoms with Crippen LogP contribution in [0.25, 0.3) is 0 Å². The standard InChI is InChI=1S/C19H27ClFN3O5/c1-10-9-24(18(27)29-19(3,4)5)7-6-22-14(10)11(2)28-16-12(17(25)26)8-13(21)15(20)23-16/h8,10-11,14,22H,6-7,9H2,1-5H3,(H,25,26)/t10?,11-,14-/m0/s1. The minimum atomic E-state index is -1.37. The molecule has 1 unspecified atom stereocenters. The maximum Gasteiger partial charge on any atom is 0.410 e. The number of halogens is 2. The highest BCUT2D eigenvalue weighted by molar-refractivity contribution is 6.29. The number of rotatable bonds is 4. The van der Waals surface area contributed by atoms with Crippen LogP contribution in [-0.2, 0) is 4.74 Å². The Bertz CT molecular complexity index is 771. The van der Waals surface area contributed by atoms with E-state index in [0.29, 0.717) is 19.6 Å². The van der Waals surface area contributed by atoms with E-state index in [1.807, 2.05) is 27.7 Å². The van der Waals surface area contributed by atoms with Crippen molar-refractivity contribution in [3.8, 4) is 5.88 Å². The van der Waals surface area contributed by atoms with E-state index in [4.69, 9.17) is 21.1 Å². The van der Waals surface area contributed by atoms with Crippen molar-refractivity contribution in [1.29, 1.82) is 0 Å². The summed E-state index contributed by atoms with van der Waals surface area (Å²) in [4.78, 5) is 29.1. The molecular formula is C19H27ClFN3O5. The summed E-state index contributed by atoms with van der Waals surface area (Å²) in [5.74, 6) is -2.59. The summed E-state index contributed by atoms with van der Waals surface area (Å²) in [7, 11) is 0. The number of carboxylic acid groups (broad SMARTS) is 1. The molecule has 0 saturated carbocycles. The van der Waals surface area contributed by atoms with Gasteiger partial charge in [-0.1, -0.05) is 18.5 Å². The fourth-order valence-corrected chi connectivity index (χ4v) is 3.32. The number of hydrogen-bond donors (Lipinski definition) is 2. The number of nitrogens with zero attached hydrogens (tertiary/aromatic N) is 2. The van der Waals surface area contributed by atoms with Gasteiger partial charge in [0, 0.05) is 25.7 Å². The van der Waals surface area contributed by atoms with Crippen molar-refractivity contribution in [2.24, 2.45) is 5.92 Å². The van der Waals surface area contributed by atoms with Crippen molar-refractivity contribution in [2.75, 3.05) is 19.6 Å². The molecule has 0 aliphatic carbocycles. The molecule has 0 bridgehead atoms. The molecule has 29 heavy (non-hydrogen) atoms. The van der Waals surface area contributed by atoms with Crippen molar-refractivity contribution >= 4 is 23.7 Å². The third kappa shape index (κ3) is 6.17. The fourth-order valence-electron chi connectivity index (χ4n) is 3.18. The lowest BCUT2D eigenvalue weighted by Crippen LogP contribution is -2.46. The summed E-state index contributed by atoms with van der Waals surface area (Å²) in [5, 5.41) is 12.1. The van der Waals surface area contributed by atoms with Gasteiger partial charge in [0.25, 0.3) is 0 Å². The van der Waals surface area contributed by atoms with Gasteiger partial charge < -0.3 is 24.8 Å². The molecular weight excluding hydrogens is 405 g/mol. The Morgan fingerprint density at radius 2 is 2.10 bits per heavy atom. The molecule has 2 rings (SSSR count). The van der Waals surface area contributed by atoms with Crippen LogP contribution in [-0.4, -0.2) is 64.4 Å². The zero-order valence-corrected chi connectivity index (χ0v) is 17.9. The fraction of sp³-hybridized carbons (Fsp3) is 0.632. The lowest BCUT2D eigenvalue weighted by Gasteiger charge is -2.30. The number of ether oxygens (including phenoxy) is 2. The van der Waals surface area contributed by atoms with Crippen molar-refractivity contribution in [1.82, 2.24) is 15.2 Å². The minimum Gasteiger partial charge on any atom is -0.477 e. The van der Waals surface area contributed by atoms with E-state index in [1.165, 1.54) is 0 Å². The Morgan fingerprint density at radius 1 is 1.45 bits per heavy atom. The van der Waals surface area contributed by atoms with Crippen LogP contribution in [0.1, 0.15) is 45.0 Å². The monoisotopic (exact) mass is 431 g/mol. The Balaban J connectivity index is 2.12. The van der Waals surface area contributed by atoms with Crippen LogP contribution >= 0.6 is 11.6 Å². The summed E-state index contributed by atoms with van der Waals surface area (Å²) >= 11 is 5.69. The number of amides is 1. The Kier molecular flexibility index (Phi) is 7.29. The molecule has 2 heterocycles. The van der Waals surface area contributed by atoms with Gasteiger partial charge in [-0.05, 0) is 39.7 Å². The van der Waals surface area contributed by atoms with Crippen LogP contribution < -0.4 is 10.1 Å². The predicted octanol–water partition coefficient (Wildman–Crippen LogP) is 3.18. The SMILES string of the molecule is CC1CN(C(=O)OC(C)(C)C)CCN[C@@H]1[C@H](C)Oc1nc(Cl)c(F)cc1C(=O)O. The number of pyridine rings is 1. The number of carbonyl (C=O) groups excluding carboxylic acids is 1. The van der Waals surface area contributed by atoms with E-state index in [9.17, 15) is 19.1 Å². The molecule has 1 saturated heterocycles. The average Bonchev–Trinajstić information content (AvgIpc) is 2.77. The molecule has 2 N–H and O–H groups in total. The van der Waals surface area contributed by atoms with E-state index in [2.05, 4.69) is 10.3 Å². The van der Waals surface area contributed by atoms with Crippen molar-refractivity contribution < 1.29 is 28.6 Å². The average molecular weight is 432 g/mol. The second kappa shape index (κ2) is 9.13. The number of hydrogen-bond acceptors (Lipinski definition) is 6. The quantitative estimate of drug-likeness (QED) is 0.706. The zero-order chi connectivity index (χ0) is 21.9. The number of carbonyl (C=O) groups is 2. The summed E-state index contributed by atoms with van der Waals surface area (Å²) in [6.45, 7) is 10.5. The molecule has 1 aromatic rings. The first kappa shape index (κ1) is 23.2. The molecule has 0 aromatic carbocycles. The molecule has 0 radical (unpaired) electrons. The molecule has 1 aliphatic rings. The summed E-state index contributed by atoms with van der Waals surface area (Å²) in [5.41, 5.74) is -0.994. The number of aromatic carboxylic acids is 1. The first-order valence-electron chi connectivity index (χ1n) is 9.36. The molecule has 162 valence electrons. The first-order valence-corrected chi connectivity index (χ1v) is 9.74. The normalized spacial score (nSPS) is 21.3. The van der Waals surface area contributed by atoms with Crippen LogP contribution in [0.5, 0.6) is 5.88 Å². The van der Waals surface area contributed by atoms with Gasteiger partial charge in [-0.25, -0.2) is 14.0 Å². The number of nitrogens with one attached hydrogen (secondary N) is 1. The first-order chi connectivity index (χ1) is 13.4. The second-order valence-electron chi connectivity index (χ2n) is 8.13. The Hall–Kier alpha value is -2.13. The Morgan fingerprint density at radius 3 is 2.69 bits per heavy atom. The lowest BCUT2D eigenvalue weighted by molar-refractivity contribution is 0.0232. The van der Waals surface area contributed by atoms with Crippen LogP contribution in [0.4, 0.5) is 9.18 Å². The van der Waals surface area contributed by atoms with Crippen molar-refractivity contribution in [2.45, 2.75) is 52.4 Å². The van der Waals surface area contributed by atoms with Gasteiger partial charge in [-0.3, -0.25) is 0 Å². The third-order valence-corrected chi connectivity index (χ3v) is 4.73. The highest BCUT2D eigenvalue weighted by atomic mass is 35.5. The lowest BCUT2D eigenvalue weighted by atomic mass is 9.97. The minimum absolute atomic E-state index is 0.0378. The summed E-state index contributed by atoms with van der Waals surface area (Å²) in [6, 6.07) is 0.572. The zero-order valence-electron chi connectivity index (χ0n) is 17.2. The summed E-state index contributed by atoms with van der Waals surface area (Å²) < 4.78 is 24.8. The van der Waals surface area contributed by atoms with E-state index in [1.54, 1.807) is 11.8 Å². The van der Waals surface area contributed by atoms with Crippen molar-refractivity contribution in [3.63, 3.8) is 0 Å². The third-order valence-electron chi connectivity index (χ3n) is 4.47.